The quantitative estimate of drug-likeness (QED) is 0.716. The highest BCUT2D eigenvalue weighted by Crippen LogP contribution is 2.22. The van der Waals surface area contributed by atoms with Crippen LogP contribution in [0.15, 0.2) is 29.2 Å². The van der Waals surface area contributed by atoms with E-state index in [9.17, 15) is 13.2 Å². The first-order valence-corrected chi connectivity index (χ1v) is 10.9. The van der Waals surface area contributed by atoms with Crippen LogP contribution in [0.25, 0.3) is 0 Å². The maximum absolute atomic E-state index is 12.8. The lowest BCUT2D eigenvalue weighted by Crippen LogP contribution is -2.56. The SMILES string of the molecule is Cc1ccc(S(=O)(=O)N2CCN([C@H](C(=O)OC(C)(C)C)C(C)C)CC2)cc1. The first-order valence-electron chi connectivity index (χ1n) is 9.45. The summed E-state index contributed by atoms with van der Waals surface area (Å²) in [4.78, 5) is 15.0. The summed E-state index contributed by atoms with van der Waals surface area (Å²) in [5, 5.41) is 0. The number of hydrogen-bond acceptors (Lipinski definition) is 5. The minimum Gasteiger partial charge on any atom is -0.459 e. The van der Waals surface area contributed by atoms with Crippen molar-refractivity contribution in [2.24, 2.45) is 5.92 Å². The van der Waals surface area contributed by atoms with E-state index < -0.39 is 15.6 Å². The van der Waals surface area contributed by atoms with Crippen molar-refractivity contribution >= 4 is 16.0 Å². The van der Waals surface area contributed by atoms with Crippen LogP contribution in [0, 0.1) is 12.8 Å². The van der Waals surface area contributed by atoms with Crippen molar-refractivity contribution < 1.29 is 17.9 Å². The Morgan fingerprint density at radius 2 is 1.56 bits per heavy atom. The molecule has 1 aromatic carbocycles. The molecule has 1 aliphatic rings. The molecule has 1 aliphatic heterocycles. The van der Waals surface area contributed by atoms with Gasteiger partial charge in [-0.1, -0.05) is 31.5 Å². The summed E-state index contributed by atoms with van der Waals surface area (Å²) in [6, 6.07) is 6.54. The Kier molecular flexibility index (Phi) is 6.71. The number of benzene rings is 1. The molecule has 0 saturated carbocycles. The second-order valence-corrected chi connectivity index (χ2v) is 10.4. The minimum atomic E-state index is -3.51. The summed E-state index contributed by atoms with van der Waals surface area (Å²) >= 11 is 0. The van der Waals surface area contributed by atoms with Crippen molar-refractivity contribution in [3.63, 3.8) is 0 Å². The summed E-state index contributed by atoms with van der Waals surface area (Å²) in [6.07, 6.45) is 0. The molecular weight excluding hydrogens is 364 g/mol. The van der Waals surface area contributed by atoms with Gasteiger partial charge in [0.05, 0.1) is 4.90 Å². The number of sulfonamides is 1. The Labute approximate surface area is 163 Å². The zero-order chi connectivity index (χ0) is 20.4. The van der Waals surface area contributed by atoms with Gasteiger partial charge in [-0.05, 0) is 45.7 Å². The number of aryl methyl sites for hydroxylation is 1. The Morgan fingerprint density at radius 3 is 2.00 bits per heavy atom. The third-order valence-corrected chi connectivity index (χ3v) is 6.52. The monoisotopic (exact) mass is 396 g/mol. The average Bonchev–Trinajstić information content (AvgIpc) is 2.54. The Balaban J connectivity index is 2.08. The maximum atomic E-state index is 12.8. The van der Waals surface area contributed by atoms with Gasteiger partial charge < -0.3 is 4.74 Å². The fourth-order valence-electron chi connectivity index (χ4n) is 3.29. The van der Waals surface area contributed by atoms with E-state index in [0.29, 0.717) is 31.1 Å². The van der Waals surface area contributed by atoms with Crippen LogP contribution in [0.4, 0.5) is 0 Å². The molecule has 0 radical (unpaired) electrons. The van der Waals surface area contributed by atoms with Crippen LogP contribution in [0.5, 0.6) is 0 Å². The third kappa shape index (κ3) is 5.53. The molecule has 6 nitrogen and oxygen atoms in total. The van der Waals surface area contributed by atoms with Crippen molar-refractivity contribution in [2.45, 2.75) is 58.1 Å². The summed E-state index contributed by atoms with van der Waals surface area (Å²) in [6.45, 7) is 13.2. The number of ether oxygens (including phenoxy) is 1. The van der Waals surface area contributed by atoms with E-state index in [1.54, 1.807) is 24.3 Å². The lowest BCUT2D eigenvalue weighted by molar-refractivity contribution is -0.163. The summed E-state index contributed by atoms with van der Waals surface area (Å²) in [5.74, 6) is -0.160. The first kappa shape index (κ1) is 21.9. The molecule has 7 heteroatoms. The molecule has 0 aliphatic carbocycles. The molecule has 1 atom stereocenters. The van der Waals surface area contributed by atoms with Crippen molar-refractivity contribution in [3.05, 3.63) is 29.8 Å². The molecule has 0 amide bonds. The van der Waals surface area contributed by atoms with Crippen LogP contribution in [-0.4, -0.2) is 61.4 Å². The maximum Gasteiger partial charge on any atom is 0.324 e. The van der Waals surface area contributed by atoms with Gasteiger partial charge >= 0.3 is 5.97 Å². The smallest absolute Gasteiger partial charge is 0.324 e. The standard InChI is InChI=1S/C20H32N2O4S/c1-15(2)18(19(23)26-20(4,5)6)21-11-13-22(14-12-21)27(24,25)17-9-7-16(3)8-10-17/h7-10,15,18H,11-14H2,1-6H3/t18-/m0/s1. The number of hydrogen-bond donors (Lipinski definition) is 0. The number of nitrogens with zero attached hydrogens (tertiary/aromatic N) is 2. The van der Waals surface area contributed by atoms with Gasteiger partial charge in [0.25, 0.3) is 0 Å². The van der Waals surface area contributed by atoms with Gasteiger partial charge in [0.15, 0.2) is 0 Å². The Hall–Kier alpha value is -1.44. The molecule has 27 heavy (non-hydrogen) atoms. The van der Waals surface area contributed by atoms with Crippen molar-refractivity contribution in [1.29, 1.82) is 0 Å². The van der Waals surface area contributed by atoms with Gasteiger partial charge in [0.1, 0.15) is 11.6 Å². The molecule has 0 N–H and O–H groups in total. The molecule has 152 valence electrons. The summed E-state index contributed by atoms with van der Waals surface area (Å²) < 4.78 is 32.8. The zero-order valence-electron chi connectivity index (χ0n) is 17.2. The van der Waals surface area contributed by atoms with Gasteiger partial charge in [0, 0.05) is 26.2 Å². The van der Waals surface area contributed by atoms with Gasteiger partial charge in [-0.2, -0.15) is 4.31 Å². The Morgan fingerprint density at radius 1 is 1.04 bits per heavy atom. The van der Waals surface area contributed by atoms with Crippen molar-refractivity contribution in [1.82, 2.24) is 9.21 Å². The van der Waals surface area contributed by atoms with Crippen LogP contribution in [-0.2, 0) is 19.6 Å². The van der Waals surface area contributed by atoms with Crippen LogP contribution in [0.1, 0.15) is 40.2 Å². The number of piperazine rings is 1. The predicted molar refractivity (Wildman–Crippen MR) is 106 cm³/mol. The zero-order valence-corrected chi connectivity index (χ0v) is 18.0. The number of carbonyl (C=O) groups excluding carboxylic acids is 1. The van der Waals surface area contributed by atoms with Gasteiger partial charge in [-0.15, -0.1) is 0 Å². The molecule has 0 unspecified atom stereocenters. The van der Waals surface area contributed by atoms with Crippen LogP contribution in [0.3, 0.4) is 0 Å². The normalized spacial score (nSPS) is 18.5. The number of esters is 1. The van der Waals surface area contributed by atoms with Crippen LogP contribution >= 0.6 is 0 Å². The molecule has 1 fully saturated rings. The highest BCUT2D eigenvalue weighted by molar-refractivity contribution is 7.89. The predicted octanol–water partition coefficient (Wildman–Crippen LogP) is 2.67. The molecule has 0 bridgehead atoms. The van der Waals surface area contributed by atoms with Crippen LogP contribution < -0.4 is 0 Å². The molecule has 1 saturated heterocycles. The number of rotatable bonds is 5. The second kappa shape index (κ2) is 8.29. The largest absolute Gasteiger partial charge is 0.459 e. The highest BCUT2D eigenvalue weighted by atomic mass is 32.2. The molecule has 1 aromatic rings. The van der Waals surface area contributed by atoms with E-state index in [4.69, 9.17) is 4.74 Å². The van der Waals surface area contributed by atoms with E-state index >= 15 is 0 Å². The molecule has 2 rings (SSSR count). The second-order valence-electron chi connectivity index (χ2n) is 8.48. The van der Waals surface area contributed by atoms with Gasteiger partial charge in [-0.25, -0.2) is 8.42 Å². The van der Waals surface area contributed by atoms with Crippen molar-refractivity contribution in [2.75, 3.05) is 26.2 Å². The van der Waals surface area contributed by atoms with E-state index in [1.807, 2.05) is 46.4 Å². The van der Waals surface area contributed by atoms with E-state index in [-0.39, 0.29) is 17.9 Å². The summed E-state index contributed by atoms with van der Waals surface area (Å²) in [7, 11) is -3.51. The molecule has 0 aromatic heterocycles. The fourth-order valence-corrected chi connectivity index (χ4v) is 4.71. The molecule has 1 heterocycles. The van der Waals surface area contributed by atoms with Gasteiger partial charge in [0.2, 0.25) is 10.0 Å². The van der Waals surface area contributed by atoms with E-state index in [1.165, 1.54) is 4.31 Å². The van der Waals surface area contributed by atoms with Gasteiger partial charge in [-0.3, -0.25) is 9.69 Å². The minimum absolute atomic E-state index is 0.0834. The van der Waals surface area contributed by atoms with Crippen molar-refractivity contribution in [3.8, 4) is 0 Å². The average molecular weight is 397 g/mol. The molecular formula is C20H32N2O4S. The summed E-state index contributed by atoms with van der Waals surface area (Å²) in [5.41, 5.74) is 0.483. The fraction of sp³-hybridized carbons (Fsp3) is 0.650. The van der Waals surface area contributed by atoms with E-state index in [0.717, 1.165) is 5.56 Å². The lowest BCUT2D eigenvalue weighted by Gasteiger charge is -2.39. The number of carbonyl (C=O) groups is 1. The third-order valence-electron chi connectivity index (χ3n) is 4.61. The highest BCUT2D eigenvalue weighted by Gasteiger charge is 2.37. The first-order chi connectivity index (χ1) is 12.4. The Bertz CT molecular complexity index is 743. The lowest BCUT2D eigenvalue weighted by atomic mass is 10.0. The molecule has 0 spiro atoms. The van der Waals surface area contributed by atoms with E-state index in [2.05, 4.69) is 0 Å². The van der Waals surface area contributed by atoms with Crippen LogP contribution in [0.2, 0.25) is 0 Å². The topological polar surface area (TPSA) is 66.9 Å².